The number of thioether (sulfide) groups is 1. The number of hydrogen-bond acceptors (Lipinski definition) is 11. The zero-order valence-electron chi connectivity index (χ0n) is 36.3. The van der Waals surface area contributed by atoms with Crippen molar-refractivity contribution in [3.8, 4) is 11.5 Å². The molecule has 1 saturated carbocycles. The third-order valence-corrected chi connectivity index (χ3v) is 12.8. The van der Waals surface area contributed by atoms with E-state index in [1.165, 1.54) is 23.1 Å². The number of fused-ring (bicyclic) bond motifs is 2. The molecule has 12 nitrogen and oxygen atoms in total. The molecular weight excluding hydrogens is 807 g/mol. The van der Waals surface area contributed by atoms with Crippen molar-refractivity contribution in [2.75, 3.05) is 39.2 Å². The molecule has 3 aliphatic rings. The van der Waals surface area contributed by atoms with E-state index in [-0.39, 0.29) is 55.6 Å². The summed E-state index contributed by atoms with van der Waals surface area (Å²) in [5.41, 5.74) is 2.63. The van der Waals surface area contributed by atoms with E-state index in [0.29, 0.717) is 36.5 Å². The molecule has 2 N–H and O–H groups in total. The van der Waals surface area contributed by atoms with Gasteiger partial charge in [0.05, 0.1) is 29.8 Å². The van der Waals surface area contributed by atoms with Gasteiger partial charge in [0, 0.05) is 67.0 Å². The van der Waals surface area contributed by atoms with Crippen molar-refractivity contribution in [3.05, 3.63) is 124 Å². The number of allylic oxidation sites excluding steroid dienone is 1. The van der Waals surface area contributed by atoms with E-state index in [1.54, 1.807) is 48.0 Å². The Morgan fingerprint density at radius 2 is 1.77 bits per heavy atom. The van der Waals surface area contributed by atoms with E-state index in [4.69, 9.17) is 24.2 Å². The Bertz CT molecular complexity index is 2080. The first kappa shape index (κ1) is 46.6. The Morgan fingerprint density at radius 1 is 1.05 bits per heavy atom. The zero-order chi connectivity index (χ0) is 44.3. The third kappa shape index (κ3) is 11.2. The summed E-state index contributed by atoms with van der Waals surface area (Å²) < 4.78 is 20.7. The van der Waals surface area contributed by atoms with Gasteiger partial charge < -0.3 is 34.2 Å². The van der Waals surface area contributed by atoms with Gasteiger partial charge in [0.25, 0.3) is 5.69 Å². The van der Waals surface area contributed by atoms with E-state index in [9.17, 15) is 25.1 Å². The summed E-state index contributed by atoms with van der Waals surface area (Å²) in [7, 11) is 1.74. The summed E-state index contributed by atoms with van der Waals surface area (Å²) in [6.45, 7) is 10.7. The number of likely N-dealkylation sites (N-methyl/N-ethyl adjacent to an activating group) is 1. The number of aliphatic hydroxyl groups excluding tert-OH is 2. The quantitative estimate of drug-likeness (QED) is 0.0265. The number of carbonyl (C=O) groups is 1. The van der Waals surface area contributed by atoms with Crippen LogP contribution in [-0.4, -0.2) is 88.3 Å². The standard InChI is InChI=1S/C49H61N3O9S/c1-6-28-59-49-44(51(5)45(55)25-20-34-18-21-36(22-19-34)52(56)57)33-42(50-61-48(2,3)4)40-31-35(14-10-12-26-53)39(17-11-13-27-54)46(47(40)49)41-32-37(23-24-43(41)60-49)58-29-30-62-38-15-8-7-9-16-38/h6-9,15-16,18-25,31-32,35,39,44,46-47,53-54H,1,10-14,17,26-30,33H2,2-5H3. The Labute approximate surface area is 369 Å². The number of ether oxygens (including phenoxy) is 3. The molecule has 6 unspecified atom stereocenters. The minimum atomic E-state index is -1.40. The van der Waals surface area contributed by atoms with Gasteiger partial charge in [0.2, 0.25) is 11.7 Å². The van der Waals surface area contributed by atoms with Crippen LogP contribution in [-0.2, 0) is 14.4 Å². The summed E-state index contributed by atoms with van der Waals surface area (Å²) >= 11 is 1.73. The summed E-state index contributed by atoms with van der Waals surface area (Å²) in [5.74, 6) is -0.0768. The highest BCUT2D eigenvalue weighted by molar-refractivity contribution is 7.99. The van der Waals surface area contributed by atoms with Crippen LogP contribution in [0, 0.1) is 27.9 Å². The SMILES string of the molecule is C=CCOC12Oc3ccc(OCCSc4ccccc4)cc3C3C(CCCCO)C(CCCCO)C=C(C(=NOC(C)(C)C)CC1N(C)C(=O)C=Cc1ccc([N+](=O)[O-])cc1)C32. The molecule has 0 radical (unpaired) electrons. The predicted molar refractivity (Wildman–Crippen MR) is 243 cm³/mol. The Kier molecular flexibility index (Phi) is 16.1. The smallest absolute Gasteiger partial charge is 0.269 e. The molecule has 0 bridgehead atoms. The maximum Gasteiger partial charge on any atom is 0.269 e. The van der Waals surface area contributed by atoms with Gasteiger partial charge in [0.1, 0.15) is 23.1 Å². The number of oxime groups is 1. The minimum Gasteiger partial charge on any atom is -0.493 e. The van der Waals surface area contributed by atoms with Crippen molar-refractivity contribution in [3.63, 3.8) is 0 Å². The van der Waals surface area contributed by atoms with Gasteiger partial charge in [-0.25, -0.2) is 0 Å². The van der Waals surface area contributed by atoms with Gasteiger partial charge in [-0.1, -0.05) is 48.3 Å². The summed E-state index contributed by atoms with van der Waals surface area (Å²) in [5, 5.41) is 35.9. The number of unbranched alkanes of at least 4 members (excludes halogenated alkanes) is 2. The van der Waals surface area contributed by atoms with Crippen molar-refractivity contribution in [2.45, 2.75) is 94.0 Å². The van der Waals surface area contributed by atoms with Crippen molar-refractivity contribution >= 4 is 35.1 Å². The van der Waals surface area contributed by atoms with Crippen molar-refractivity contribution in [2.24, 2.45) is 22.9 Å². The first-order chi connectivity index (χ1) is 29.9. The van der Waals surface area contributed by atoms with Crippen LogP contribution >= 0.6 is 11.8 Å². The second-order valence-electron chi connectivity index (χ2n) is 17.1. The first-order valence-electron chi connectivity index (χ1n) is 21.7. The molecule has 13 heteroatoms. The summed E-state index contributed by atoms with van der Waals surface area (Å²) in [6, 6.07) is 21.5. The molecule has 3 aromatic carbocycles. The van der Waals surface area contributed by atoms with E-state index in [2.05, 4.69) is 30.9 Å². The Balaban J connectivity index is 1.47. The molecule has 1 heterocycles. The lowest BCUT2D eigenvalue weighted by atomic mass is 9.55. The number of rotatable bonds is 21. The molecule has 1 amide bonds. The lowest BCUT2D eigenvalue weighted by Gasteiger charge is -2.59. The molecular formula is C49H61N3O9S. The average molecular weight is 868 g/mol. The van der Waals surface area contributed by atoms with Crippen molar-refractivity contribution in [1.82, 2.24) is 4.90 Å². The maximum atomic E-state index is 14.3. The third-order valence-electron chi connectivity index (χ3n) is 11.8. The number of hydrogen-bond donors (Lipinski definition) is 2. The van der Waals surface area contributed by atoms with Crippen LogP contribution < -0.4 is 9.47 Å². The number of aliphatic hydroxyl groups is 2. The summed E-state index contributed by atoms with van der Waals surface area (Å²) in [4.78, 5) is 34.2. The highest BCUT2D eigenvalue weighted by Crippen LogP contribution is 2.62. The maximum absolute atomic E-state index is 14.3. The number of amides is 1. The van der Waals surface area contributed by atoms with Crippen molar-refractivity contribution < 1.29 is 39.0 Å². The number of non-ortho nitro benzene ring substituents is 1. The molecule has 0 saturated heterocycles. The minimum absolute atomic E-state index is 0.0370. The van der Waals surface area contributed by atoms with E-state index >= 15 is 0 Å². The van der Waals surface area contributed by atoms with Gasteiger partial charge >= 0.3 is 0 Å². The molecule has 3 aromatic rings. The predicted octanol–water partition coefficient (Wildman–Crippen LogP) is 9.37. The highest BCUT2D eigenvalue weighted by Gasteiger charge is 2.65. The Morgan fingerprint density at radius 3 is 2.45 bits per heavy atom. The molecule has 0 aromatic heterocycles. The summed E-state index contributed by atoms with van der Waals surface area (Å²) in [6.07, 6.45) is 12.0. The van der Waals surface area contributed by atoms with Crippen LogP contribution in [0.2, 0.25) is 0 Å². The van der Waals surface area contributed by atoms with E-state index in [0.717, 1.165) is 48.3 Å². The zero-order valence-corrected chi connectivity index (χ0v) is 37.1. The fraction of sp³-hybridized carbons (Fsp3) is 0.469. The van der Waals surface area contributed by atoms with Gasteiger partial charge in [-0.05, 0) is 118 Å². The largest absolute Gasteiger partial charge is 0.493 e. The van der Waals surface area contributed by atoms with Crippen LogP contribution in [0.1, 0.15) is 82.8 Å². The molecule has 6 rings (SSSR count). The van der Waals surface area contributed by atoms with E-state index < -0.39 is 28.3 Å². The van der Waals surface area contributed by atoms with Gasteiger partial charge in [-0.3, -0.25) is 14.9 Å². The number of benzene rings is 3. The average Bonchev–Trinajstić information content (AvgIpc) is 3.26. The second-order valence-corrected chi connectivity index (χ2v) is 18.3. The monoisotopic (exact) mass is 867 g/mol. The van der Waals surface area contributed by atoms with Gasteiger partial charge in [-0.2, -0.15) is 0 Å². The molecule has 1 fully saturated rings. The fourth-order valence-corrected chi connectivity index (χ4v) is 9.74. The van der Waals surface area contributed by atoms with Crippen LogP contribution in [0.15, 0.2) is 113 Å². The van der Waals surface area contributed by atoms with E-state index in [1.807, 2.05) is 51.1 Å². The molecule has 1 aliphatic heterocycles. The molecule has 2 aliphatic carbocycles. The lowest BCUT2D eigenvalue weighted by molar-refractivity contribution is -0.384. The highest BCUT2D eigenvalue weighted by atomic mass is 32.2. The number of nitro groups is 1. The molecule has 6 atom stereocenters. The number of nitro benzene ring substituents is 1. The first-order valence-corrected chi connectivity index (χ1v) is 22.6. The molecule has 62 heavy (non-hydrogen) atoms. The van der Waals surface area contributed by atoms with Gasteiger partial charge in [-0.15, -0.1) is 18.3 Å². The Hall–Kier alpha value is -4.95. The topological polar surface area (TPSA) is 153 Å². The van der Waals surface area contributed by atoms with Crippen LogP contribution in [0.25, 0.3) is 6.08 Å². The second kappa shape index (κ2) is 21.4. The van der Waals surface area contributed by atoms with Crippen LogP contribution in [0.4, 0.5) is 5.69 Å². The van der Waals surface area contributed by atoms with Crippen LogP contribution in [0.3, 0.4) is 0 Å². The van der Waals surface area contributed by atoms with Crippen molar-refractivity contribution in [1.29, 1.82) is 0 Å². The fourth-order valence-electron chi connectivity index (χ4n) is 8.99. The normalized spacial score (nSPS) is 23.5. The molecule has 0 spiro atoms. The lowest BCUT2D eigenvalue weighted by Crippen LogP contribution is -2.69. The molecule has 332 valence electrons. The van der Waals surface area contributed by atoms with Gasteiger partial charge in [0.15, 0.2) is 0 Å². The van der Waals surface area contributed by atoms with Crippen LogP contribution in [0.5, 0.6) is 11.5 Å². The number of nitrogens with zero attached hydrogens (tertiary/aromatic N) is 3. The number of carbonyl (C=O) groups excluding carboxylic acids is 1.